The largest absolute Gasteiger partial charge is 0.310 e. The topological polar surface area (TPSA) is 58.9 Å². The normalized spacial score (nSPS) is 11.1. The average Bonchev–Trinajstić information content (AvgIpc) is 2.50. The van der Waals surface area contributed by atoms with Crippen molar-refractivity contribution in [2.24, 2.45) is 7.05 Å². The van der Waals surface area contributed by atoms with Gasteiger partial charge in [-0.05, 0) is 38.8 Å². The van der Waals surface area contributed by atoms with Gasteiger partial charge < -0.3 is 10.2 Å². The minimum Gasteiger partial charge on any atom is -0.310 e. The molecule has 0 atom stereocenters. The Bertz CT molecular complexity index is 256. The van der Waals surface area contributed by atoms with Crippen molar-refractivity contribution in [1.82, 2.24) is 30.4 Å². The molecule has 0 radical (unpaired) electrons. The van der Waals surface area contributed by atoms with E-state index in [9.17, 15) is 0 Å². The molecule has 1 aromatic rings. The van der Waals surface area contributed by atoms with E-state index in [0.29, 0.717) is 6.54 Å². The van der Waals surface area contributed by atoms with Crippen molar-refractivity contribution in [2.45, 2.75) is 13.0 Å². The summed E-state index contributed by atoms with van der Waals surface area (Å²) < 4.78 is 0. The number of hydrogen-bond donors (Lipinski definition) is 1. The molecule has 0 saturated carbocycles. The summed E-state index contributed by atoms with van der Waals surface area (Å²) in [5.41, 5.74) is 0. The van der Waals surface area contributed by atoms with Crippen molar-refractivity contribution in [2.75, 3.05) is 27.2 Å². The molecule has 6 nitrogen and oxygen atoms in total. The van der Waals surface area contributed by atoms with E-state index in [-0.39, 0.29) is 0 Å². The minimum atomic E-state index is 0.696. The highest BCUT2D eigenvalue weighted by atomic mass is 15.6. The number of tetrazole rings is 1. The Balaban J connectivity index is 2.04. The molecule has 0 aliphatic heterocycles. The number of aryl methyl sites for hydroxylation is 1. The third-order valence-corrected chi connectivity index (χ3v) is 1.79. The third-order valence-electron chi connectivity index (χ3n) is 1.79. The zero-order valence-corrected chi connectivity index (χ0v) is 9.06. The van der Waals surface area contributed by atoms with Crippen LogP contribution in [-0.2, 0) is 13.6 Å². The van der Waals surface area contributed by atoms with Gasteiger partial charge in [-0.25, -0.2) is 0 Å². The van der Waals surface area contributed by atoms with Gasteiger partial charge in [0.1, 0.15) is 0 Å². The highest BCUT2D eigenvalue weighted by Crippen LogP contribution is 1.85. The van der Waals surface area contributed by atoms with Gasteiger partial charge in [0.15, 0.2) is 5.82 Å². The van der Waals surface area contributed by atoms with Crippen LogP contribution in [0.4, 0.5) is 0 Å². The molecule has 0 fully saturated rings. The number of hydrogen-bond acceptors (Lipinski definition) is 5. The van der Waals surface area contributed by atoms with Gasteiger partial charge in [-0.1, -0.05) is 0 Å². The molecule has 0 amide bonds. The summed E-state index contributed by atoms with van der Waals surface area (Å²) in [4.78, 5) is 3.64. The summed E-state index contributed by atoms with van der Waals surface area (Å²) in [6.45, 7) is 2.78. The highest BCUT2D eigenvalue weighted by molar-refractivity contribution is 4.74. The van der Waals surface area contributed by atoms with Crippen LogP contribution in [0.1, 0.15) is 12.2 Å². The van der Waals surface area contributed by atoms with E-state index in [1.165, 1.54) is 4.80 Å². The SMILES string of the molecule is CN(C)CCCNCc1nnn(C)n1. The first-order valence-electron chi connectivity index (χ1n) is 4.77. The van der Waals surface area contributed by atoms with Gasteiger partial charge in [-0.2, -0.15) is 4.80 Å². The fourth-order valence-electron chi connectivity index (χ4n) is 1.11. The molecule has 0 aliphatic rings. The van der Waals surface area contributed by atoms with E-state index in [4.69, 9.17) is 0 Å². The van der Waals surface area contributed by atoms with E-state index in [0.717, 1.165) is 25.3 Å². The number of nitrogens with zero attached hydrogens (tertiary/aromatic N) is 5. The van der Waals surface area contributed by atoms with E-state index in [1.807, 2.05) is 0 Å². The summed E-state index contributed by atoms with van der Waals surface area (Å²) in [6.07, 6.45) is 1.13. The second-order valence-electron chi connectivity index (χ2n) is 3.53. The molecular weight excluding hydrogens is 180 g/mol. The summed E-state index contributed by atoms with van der Waals surface area (Å²) >= 11 is 0. The summed E-state index contributed by atoms with van der Waals surface area (Å²) in [6, 6.07) is 0. The minimum absolute atomic E-state index is 0.696. The van der Waals surface area contributed by atoms with E-state index < -0.39 is 0 Å². The molecule has 1 N–H and O–H groups in total. The first-order valence-corrected chi connectivity index (χ1v) is 4.77. The lowest BCUT2D eigenvalue weighted by atomic mass is 10.4. The van der Waals surface area contributed by atoms with Crippen LogP contribution in [0, 0.1) is 0 Å². The summed E-state index contributed by atoms with van der Waals surface area (Å²) in [5.74, 6) is 0.748. The van der Waals surface area contributed by atoms with E-state index >= 15 is 0 Å². The maximum Gasteiger partial charge on any atom is 0.188 e. The van der Waals surface area contributed by atoms with Gasteiger partial charge in [0.2, 0.25) is 0 Å². The number of rotatable bonds is 6. The molecule has 80 valence electrons. The number of nitrogens with one attached hydrogen (secondary N) is 1. The second kappa shape index (κ2) is 5.66. The first kappa shape index (κ1) is 11.1. The quantitative estimate of drug-likeness (QED) is 0.610. The van der Waals surface area contributed by atoms with Gasteiger partial charge in [-0.3, -0.25) is 0 Å². The van der Waals surface area contributed by atoms with Crippen molar-refractivity contribution in [3.05, 3.63) is 5.82 Å². The third kappa shape index (κ3) is 4.29. The van der Waals surface area contributed by atoms with Crippen LogP contribution in [0.5, 0.6) is 0 Å². The maximum absolute atomic E-state index is 4.06. The van der Waals surface area contributed by atoms with Gasteiger partial charge in [0, 0.05) is 0 Å². The van der Waals surface area contributed by atoms with Gasteiger partial charge in [0.05, 0.1) is 13.6 Å². The van der Waals surface area contributed by atoms with Gasteiger partial charge in [-0.15, -0.1) is 10.2 Å². The molecule has 1 rings (SSSR count). The van der Waals surface area contributed by atoms with Gasteiger partial charge >= 0.3 is 0 Å². The monoisotopic (exact) mass is 198 g/mol. The highest BCUT2D eigenvalue weighted by Gasteiger charge is 1.98. The molecule has 1 heterocycles. The lowest BCUT2D eigenvalue weighted by Gasteiger charge is -2.08. The van der Waals surface area contributed by atoms with Crippen LogP contribution in [0.3, 0.4) is 0 Å². The van der Waals surface area contributed by atoms with Crippen molar-refractivity contribution in [3.8, 4) is 0 Å². The molecule has 0 spiro atoms. The maximum atomic E-state index is 4.06. The fourth-order valence-corrected chi connectivity index (χ4v) is 1.11. The molecule has 0 unspecified atom stereocenters. The zero-order valence-electron chi connectivity index (χ0n) is 9.06. The Morgan fingerprint density at radius 2 is 2.21 bits per heavy atom. The lowest BCUT2D eigenvalue weighted by molar-refractivity contribution is 0.394. The van der Waals surface area contributed by atoms with Crippen molar-refractivity contribution in [3.63, 3.8) is 0 Å². The average molecular weight is 198 g/mol. The molecule has 0 bridgehead atoms. The van der Waals surface area contributed by atoms with Crippen LogP contribution in [0.15, 0.2) is 0 Å². The fraction of sp³-hybridized carbons (Fsp3) is 0.875. The van der Waals surface area contributed by atoms with Crippen LogP contribution in [-0.4, -0.2) is 52.3 Å². The van der Waals surface area contributed by atoms with Gasteiger partial charge in [0.25, 0.3) is 0 Å². The molecule has 0 aliphatic carbocycles. The van der Waals surface area contributed by atoms with Crippen LogP contribution in [0.25, 0.3) is 0 Å². The van der Waals surface area contributed by atoms with E-state index in [2.05, 4.69) is 39.7 Å². The van der Waals surface area contributed by atoms with Crippen LogP contribution < -0.4 is 5.32 Å². The van der Waals surface area contributed by atoms with Crippen LogP contribution in [0.2, 0.25) is 0 Å². The Labute approximate surface area is 84.3 Å². The van der Waals surface area contributed by atoms with E-state index in [1.54, 1.807) is 7.05 Å². The molecule has 6 heteroatoms. The Hall–Kier alpha value is -1.01. The molecule has 0 saturated heterocycles. The summed E-state index contributed by atoms with van der Waals surface area (Å²) in [5, 5.41) is 15.0. The first-order chi connectivity index (χ1) is 6.68. The summed E-state index contributed by atoms with van der Waals surface area (Å²) in [7, 11) is 5.91. The van der Waals surface area contributed by atoms with Crippen molar-refractivity contribution < 1.29 is 0 Å². The van der Waals surface area contributed by atoms with Crippen LogP contribution >= 0.6 is 0 Å². The molecule has 0 aromatic carbocycles. The number of aromatic nitrogens is 4. The smallest absolute Gasteiger partial charge is 0.188 e. The molecular formula is C8H18N6. The predicted molar refractivity (Wildman–Crippen MR) is 53.7 cm³/mol. The molecule has 14 heavy (non-hydrogen) atoms. The second-order valence-corrected chi connectivity index (χ2v) is 3.53. The Kier molecular flexibility index (Phi) is 4.48. The lowest BCUT2D eigenvalue weighted by Crippen LogP contribution is -2.21. The standard InChI is InChI=1S/C8H18N6/c1-13(2)6-4-5-9-7-8-10-12-14(3)11-8/h9H,4-7H2,1-3H3. The zero-order chi connectivity index (χ0) is 10.4. The van der Waals surface area contributed by atoms with Crippen molar-refractivity contribution in [1.29, 1.82) is 0 Å². The predicted octanol–water partition coefficient (Wildman–Crippen LogP) is -0.749. The Morgan fingerprint density at radius 1 is 1.43 bits per heavy atom. The molecule has 1 aromatic heterocycles. The Morgan fingerprint density at radius 3 is 2.79 bits per heavy atom. The van der Waals surface area contributed by atoms with Crippen molar-refractivity contribution >= 4 is 0 Å².